The van der Waals surface area contributed by atoms with Gasteiger partial charge in [0.05, 0.1) is 24.5 Å². The number of piperazine rings is 1. The highest BCUT2D eigenvalue weighted by Crippen LogP contribution is 2.38. The Morgan fingerprint density at radius 2 is 1.80 bits per heavy atom. The number of nitrogens with zero attached hydrogens (tertiary/aromatic N) is 4. The molecule has 2 aliphatic rings. The number of rotatable bonds is 6. The van der Waals surface area contributed by atoms with Crippen LogP contribution in [0.4, 0.5) is 15.5 Å². The number of hydrogen-bond acceptors (Lipinski definition) is 7. The van der Waals surface area contributed by atoms with Crippen molar-refractivity contribution in [2.24, 2.45) is 0 Å². The lowest BCUT2D eigenvalue weighted by molar-refractivity contribution is -1.12. The minimum Gasteiger partial charge on any atom is -0.370 e. The lowest BCUT2D eigenvalue weighted by Crippen LogP contribution is -2.63. The van der Waals surface area contributed by atoms with E-state index in [9.17, 15) is 19.6 Å². The first kappa shape index (κ1) is 33.5. The van der Waals surface area contributed by atoms with Crippen molar-refractivity contribution in [1.29, 1.82) is 0 Å². The van der Waals surface area contributed by atoms with Crippen molar-refractivity contribution in [3.05, 3.63) is 64.3 Å². The third kappa shape index (κ3) is 7.10. The maximum absolute atomic E-state index is 13.9. The Balaban J connectivity index is 1.33. The highest BCUT2D eigenvalue weighted by molar-refractivity contribution is 7.16. The summed E-state index contributed by atoms with van der Waals surface area (Å²) in [5.74, 6) is -0.411. The molecule has 0 saturated carbocycles. The number of morpholine rings is 1. The summed E-state index contributed by atoms with van der Waals surface area (Å²) >= 11 is 1.37. The zero-order valence-corrected chi connectivity index (χ0v) is 28.6. The molecule has 0 spiro atoms. The fourth-order valence-electron chi connectivity index (χ4n) is 5.82. The van der Waals surface area contributed by atoms with Crippen molar-refractivity contribution < 1.29 is 29.0 Å². The zero-order chi connectivity index (χ0) is 33.4. The summed E-state index contributed by atoms with van der Waals surface area (Å²) in [7, 11) is 1.74. The zero-order valence-electron chi connectivity index (χ0n) is 27.8. The molecule has 3 aromatic rings. The molecule has 2 fully saturated rings. The van der Waals surface area contributed by atoms with Gasteiger partial charge < -0.3 is 19.9 Å². The van der Waals surface area contributed by atoms with Crippen LogP contribution in [-0.2, 0) is 21.5 Å². The standard InChI is InChI=1S/C34H44N6O5S/c1-22-8-10-24(18-26(22)23-9-11-25(35-20-23)21-40(44)14-16-45-17-15-40)36-32(43)37-29-27(19-28(46-29)33(2,3)4)30(41)39-13-12-38(7)31(42)34(39,5)6/h8-11,18-20,44H,12-17,21H2,1-7H3,(H-,36,37,41,43)/p+1. The van der Waals surface area contributed by atoms with Crippen molar-refractivity contribution in [2.75, 3.05) is 57.1 Å². The van der Waals surface area contributed by atoms with E-state index in [1.807, 2.05) is 43.3 Å². The highest BCUT2D eigenvalue weighted by Gasteiger charge is 2.44. The molecule has 4 heterocycles. The molecule has 0 bridgehead atoms. The predicted molar refractivity (Wildman–Crippen MR) is 179 cm³/mol. The summed E-state index contributed by atoms with van der Waals surface area (Å²) in [5.41, 5.74) is 3.31. The Morgan fingerprint density at radius 3 is 2.46 bits per heavy atom. The summed E-state index contributed by atoms with van der Waals surface area (Å²) < 4.78 is 5.29. The number of pyridine rings is 1. The number of amides is 4. The van der Waals surface area contributed by atoms with E-state index < -0.39 is 11.6 Å². The monoisotopic (exact) mass is 649 g/mol. The third-order valence-corrected chi connectivity index (χ3v) is 10.2. The summed E-state index contributed by atoms with van der Waals surface area (Å²) in [6, 6.07) is 10.9. The van der Waals surface area contributed by atoms with Gasteiger partial charge in [0.25, 0.3) is 5.91 Å². The fraction of sp³-hybridized carbons (Fsp3) is 0.471. The van der Waals surface area contributed by atoms with Gasteiger partial charge in [-0.15, -0.1) is 11.3 Å². The molecule has 2 aromatic heterocycles. The number of aromatic nitrogens is 1. The molecular formula is C34H45N6O5S+. The molecule has 246 valence electrons. The van der Waals surface area contributed by atoms with Crippen LogP contribution in [0.25, 0.3) is 11.1 Å². The molecule has 0 unspecified atom stereocenters. The quantitative estimate of drug-likeness (QED) is 0.304. The van der Waals surface area contributed by atoms with Gasteiger partial charge in [0, 0.05) is 42.5 Å². The number of hydroxylamine groups is 3. The van der Waals surface area contributed by atoms with Crippen molar-refractivity contribution in [3.63, 3.8) is 0 Å². The predicted octanol–water partition coefficient (Wildman–Crippen LogP) is 5.49. The lowest BCUT2D eigenvalue weighted by atomic mass is 9.93. The molecule has 0 radical (unpaired) electrons. The molecule has 11 nitrogen and oxygen atoms in total. The molecule has 4 amide bonds. The molecule has 0 atom stereocenters. The number of anilines is 2. The summed E-state index contributed by atoms with van der Waals surface area (Å²) in [4.78, 5) is 49.0. The first-order chi connectivity index (χ1) is 21.6. The average molecular weight is 650 g/mol. The molecule has 5 rings (SSSR count). The number of ether oxygens (including phenoxy) is 1. The highest BCUT2D eigenvalue weighted by atomic mass is 32.1. The van der Waals surface area contributed by atoms with Crippen LogP contribution < -0.4 is 10.6 Å². The van der Waals surface area contributed by atoms with Gasteiger partial charge in [-0.1, -0.05) is 32.9 Å². The number of hydrogen-bond donors (Lipinski definition) is 3. The SMILES string of the molecule is Cc1ccc(NC(=O)Nc2sc(C(C)(C)C)cc2C(=O)N2CCN(C)C(=O)C2(C)C)cc1-c1ccc(C[N+]2(O)CCOCC2)nc1. The van der Waals surface area contributed by atoms with Crippen LogP contribution in [0.2, 0.25) is 0 Å². The number of thiophene rings is 1. The van der Waals surface area contributed by atoms with Crippen LogP contribution >= 0.6 is 11.3 Å². The first-order valence-corrected chi connectivity index (χ1v) is 16.4. The Labute approximate surface area is 274 Å². The fourth-order valence-corrected chi connectivity index (χ4v) is 6.93. The van der Waals surface area contributed by atoms with Crippen LogP contribution in [0.15, 0.2) is 42.6 Å². The maximum Gasteiger partial charge on any atom is 0.324 e. The number of benzene rings is 1. The topological polar surface area (TPSA) is 124 Å². The van der Waals surface area contributed by atoms with Crippen molar-refractivity contribution in [1.82, 2.24) is 14.8 Å². The molecular weight excluding hydrogens is 604 g/mol. The Kier molecular flexibility index (Phi) is 9.29. The van der Waals surface area contributed by atoms with Crippen LogP contribution in [0.3, 0.4) is 0 Å². The van der Waals surface area contributed by atoms with Gasteiger partial charge in [-0.25, -0.2) is 10.0 Å². The second kappa shape index (κ2) is 12.7. The Bertz CT molecular complexity index is 1620. The summed E-state index contributed by atoms with van der Waals surface area (Å²) in [6.07, 6.45) is 1.79. The first-order valence-electron chi connectivity index (χ1n) is 15.6. The average Bonchev–Trinajstić information content (AvgIpc) is 3.42. The summed E-state index contributed by atoms with van der Waals surface area (Å²) in [5, 5.41) is 17.1. The second-order valence-electron chi connectivity index (χ2n) is 13.8. The number of aryl methyl sites for hydroxylation is 1. The van der Waals surface area contributed by atoms with Gasteiger partial charge in [-0.05, 0) is 61.6 Å². The second-order valence-corrected chi connectivity index (χ2v) is 14.9. The smallest absolute Gasteiger partial charge is 0.324 e. The Hall–Kier alpha value is -3.84. The van der Waals surface area contributed by atoms with Gasteiger partial charge in [0.2, 0.25) is 5.91 Å². The third-order valence-electron chi connectivity index (χ3n) is 8.77. The van der Waals surface area contributed by atoms with E-state index in [4.69, 9.17) is 4.74 Å². The minimum absolute atomic E-state index is 0.0834. The van der Waals surface area contributed by atoms with Crippen molar-refractivity contribution >= 4 is 39.9 Å². The van der Waals surface area contributed by atoms with E-state index in [2.05, 4.69) is 36.4 Å². The molecule has 2 aliphatic heterocycles. The minimum atomic E-state index is -1.01. The molecule has 1 aromatic carbocycles. The largest absolute Gasteiger partial charge is 0.370 e. The van der Waals surface area contributed by atoms with Gasteiger partial charge in [-0.3, -0.25) is 19.9 Å². The van der Waals surface area contributed by atoms with Gasteiger partial charge in [0.1, 0.15) is 23.6 Å². The number of carbonyl (C=O) groups is 3. The number of nitrogens with one attached hydrogen (secondary N) is 2. The molecule has 2 saturated heterocycles. The van der Waals surface area contributed by atoms with Crippen LogP contribution in [0, 0.1) is 6.92 Å². The van der Waals surface area contributed by atoms with Crippen molar-refractivity contribution in [3.8, 4) is 11.1 Å². The van der Waals surface area contributed by atoms with Crippen LogP contribution in [0.5, 0.6) is 0 Å². The maximum atomic E-state index is 13.9. The van der Waals surface area contributed by atoms with E-state index in [1.54, 1.807) is 36.9 Å². The van der Waals surface area contributed by atoms with Gasteiger partial charge >= 0.3 is 6.03 Å². The molecule has 12 heteroatoms. The van der Waals surface area contributed by atoms with E-state index >= 15 is 0 Å². The van der Waals surface area contributed by atoms with E-state index in [1.165, 1.54) is 11.3 Å². The number of quaternary nitrogens is 1. The number of carbonyl (C=O) groups excluding carboxylic acids is 3. The molecule has 0 aliphatic carbocycles. The van der Waals surface area contributed by atoms with E-state index in [0.29, 0.717) is 62.2 Å². The normalized spacial score (nSPS) is 18.0. The van der Waals surface area contributed by atoms with Crippen molar-refractivity contribution in [2.45, 2.75) is 59.0 Å². The molecule has 3 N–H and O–H groups in total. The van der Waals surface area contributed by atoms with Crippen LogP contribution in [-0.4, -0.2) is 94.5 Å². The van der Waals surface area contributed by atoms with Gasteiger partial charge in [0.15, 0.2) is 6.54 Å². The molecule has 46 heavy (non-hydrogen) atoms. The lowest BCUT2D eigenvalue weighted by Gasteiger charge is -2.44. The van der Waals surface area contributed by atoms with Gasteiger partial charge in [-0.2, -0.15) is 4.65 Å². The Morgan fingerprint density at radius 1 is 1.09 bits per heavy atom. The van der Waals surface area contributed by atoms with Crippen LogP contribution in [0.1, 0.15) is 61.1 Å². The van der Waals surface area contributed by atoms with E-state index in [0.717, 1.165) is 27.3 Å². The number of likely N-dealkylation sites (N-methyl/N-ethyl adjacent to an activating group) is 1. The number of urea groups is 1. The summed E-state index contributed by atoms with van der Waals surface area (Å²) in [6.45, 7) is 15.1. The van der Waals surface area contributed by atoms with E-state index in [-0.39, 0.29) is 21.9 Å².